The summed E-state index contributed by atoms with van der Waals surface area (Å²) in [5.74, 6) is -0.0557. The Bertz CT molecular complexity index is 466. The van der Waals surface area contributed by atoms with E-state index >= 15 is 0 Å². The highest BCUT2D eigenvalue weighted by Gasteiger charge is 2.42. The largest absolute Gasteiger partial charge is 0.396 e. The minimum absolute atomic E-state index is 0.0459. The van der Waals surface area contributed by atoms with Gasteiger partial charge in [0.15, 0.2) is 0 Å². The van der Waals surface area contributed by atoms with E-state index in [9.17, 15) is 9.90 Å². The maximum absolute atomic E-state index is 12.1. The van der Waals surface area contributed by atoms with Gasteiger partial charge in [-0.3, -0.25) is 4.79 Å². The molecule has 0 radical (unpaired) electrons. The number of nitrogens with zero attached hydrogens (tertiary/aromatic N) is 1. The van der Waals surface area contributed by atoms with Gasteiger partial charge in [0, 0.05) is 36.3 Å². The number of nitrogens with one attached hydrogen (secondary N) is 1. The predicted molar refractivity (Wildman–Crippen MR) is 85.7 cm³/mol. The summed E-state index contributed by atoms with van der Waals surface area (Å²) < 4.78 is 0. The fraction of sp³-hybridized carbons (Fsp3) is 0.588. The lowest BCUT2D eigenvalue weighted by Crippen LogP contribution is -2.31. The van der Waals surface area contributed by atoms with Crippen molar-refractivity contribution in [2.75, 3.05) is 31.1 Å². The molecule has 116 valence electrons. The van der Waals surface area contributed by atoms with Gasteiger partial charge in [-0.15, -0.1) is 0 Å². The molecule has 0 atom stereocenters. The molecule has 2 rings (SSSR count). The first kappa shape index (κ1) is 15.8. The average Bonchev–Trinajstić information content (AvgIpc) is 3.31. The van der Waals surface area contributed by atoms with Crippen molar-refractivity contribution in [3.8, 4) is 0 Å². The fourth-order valence-corrected chi connectivity index (χ4v) is 2.50. The third-order valence-electron chi connectivity index (χ3n) is 4.29. The minimum atomic E-state index is -0.0557. The van der Waals surface area contributed by atoms with Crippen LogP contribution in [0, 0.1) is 5.41 Å². The van der Waals surface area contributed by atoms with Crippen LogP contribution in [-0.2, 0) is 0 Å². The van der Waals surface area contributed by atoms with Gasteiger partial charge in [0.1, 0.15) is 0 Å². The van der Waals surface area contributed by atoms with Gasteiger partial charge in [-0.2, -0.15) is 0 Å². The van der Waals surface area contributed by atoms with Crippen LogP contribution in [0.4, 0.5) is 5.69 Å². The Kier molecular flexibility index (Phi) is 5.23. The van der Waals surface area contributed by atoms with E-state index in [4.69, 9.17) is 0 Å². The summed E-state index contributed by atoms with van der Waals surface area (Å²) in [5.41, 5.74) is 1.79. The van der Waals surface area contributed by atoms with Crippen molar-refractivity contribution < 1.29 is 9.90 Å². The van der Waals surface area contributed by atoms with Gasteiger partial charge in [-0.25, -0.2) is 0 Å². The highest BCUT2D eigenvalue weighted by Crippen LogP contribution is 2.44. The molecule has 2 N–H and O–H groups in total. The molecule has 0 spiro atoms. The number of hydrogen-bond donors (Lipinski definition) is 2. The zero-order valence-electron chi connectivity index (χ0n) is 13.1. The van der Waals surface area contributed by atoms with Crippen LogP contribution in [-0.4, -0.2) is 37.3 Å². The molecule has 1 fully saturated rings. The van der Waals surface area contributed by atoms with Crippen LogP contribution in [0.5, 0.6) is 0 Å². The number of carbonyl (C=O) groups is 1. The molecule has 0 bridgehead atoms. The van der Waals surface area contributed by atoms with Crippen LogP contribution < -0.4 is 10.2 Å². The van der Waals surface area contributed by atoms with Gasteiger partial charge in [0.05, 0.1) is 6.61 Å². The summed E-state index contributed by atoms with van der Waals surface area (Å²) in [6.45, 7) is 7.04. The van der Waals surface area contributed by atoms with E-state index in [-0.39, 0.29) is 17.9 Å². The first-order valence-electron chi connectivity index (χ1n) is 7.88. The molecule has 1 aromatic rings. The second kappa shape index (κ2) is 6.94. The first-order chi connectivity index (χ1) is 10.1. The van der Waals surface area contributed by atoms with E-state index in [0.29, 0.717) is 12.1 Å². The lowest BCUT2D eigenvalue weighted by molar-refractivity contribution is 0.0935. The van der Waals surface area contributed by atoms with Crippen molar-refractivity contribution in [1.29, 1.82) is 0 Å². The van der Waals surface area contributed by atoms with Gasteiger partial charge in [0.2, 0.25) is 0 Å². The van der Waals surface area contributed by atoms with Crippen molar-refractivity contribution in [2.45, 2.75) is 33.1 Å². The van der Waals surface area contributed by atoms with Gasteiger partial charge in [-0.1, -0.05) is 6.92 Å². The Morgan fingerprint density at radius 3 is 2.43 bits per heavy atom. The molecule has 4 heteroatoms. The van der Waals surface area contributed by atoms with Crippen LogP contribution in [0.25, 0.3) is 0 Å². The number of rotatable bonds is 8. The smallest absolute Gasteiger partial charge is 0.251 e. The summed E-state index contributed by atoms with van der Waals surface area (Å²) in [6, 6.07) is 7.77. The van der Waals surface area contributed by atoms with Crippen LogP contribution in [0.2, 0.25) is 0 Å². The third kappa shape index (κ3) is 3.97. The Hall–Kier alpha value is -1.55. The van der Waals surface area contributed by atoms with E-state index in [0.717, 1.165) is 38.0 Å². The molecule has 21 heavy (non-hydrogen) atoms. The quantitative estimate of drug-likeness (QED) is 0.773. The van der Waals surface area contributed by atoms with Gasteiger partial charge >= 0.3 is 0 Å². The molecule has 1 aliphatic carbocycles. The summed E-state index contributed by atoms with van der Waals surface area (Å²) in [7, 11) is 0. The second-order valence-corrected chi connectivity index (χ2v) is 5.97. The molecule has 0 heterocycles. The number of benzene rings is 1. The Morgan fingerprint density at radius 2 is 1.95 bits per heavy atom. The molecule has 0 aliphatic heterocycles. The fourth-order valence-electron chi connectivity index (χ4n) is 2.50. The third-order valence-corrected chi connectivity index (χ3v) is 4.29. The number of aliphatic hydroxyl groups excluding tert-OH is 1. The highest BCUT2D eigenvalue weighted by atomic mass is 16.3. The normalized spacial score (nSPS) is 15.6. The molecule has 1 aromatic carbocycles. The number of carbonyl (C=O) groups excluding carboxylic acids is 1. The zero-order chi connectivity index (χ0) is 15.3. The predicted octanol–water partition coefficient (Wildman–Crippen LogP) is 2.43. The average molecular weight is 290 g/mol. The maximum Gasteiger partial charge on any atom is 0.251 e. The SMILES string of the molecule is CCCN(CC)c1ccc(C(=O)NCC2(CO)CC2)cc1. The standard InChI is InChI=1S/C17H26N2O2/c1-3-11-19(4-2)15-7-5-14(6-8-15)16(21)18-12-17(13-20)9-10-17/h5-8,20H,3-4,9-13H2,1-2H3,(H,18,21). The first-order valence-corrected chi connectivity index (χ1v) is 7.88. The zero-order valence-corrected chi connectivity index (χ0v) is 13.1. The van der Waals surface area contributed by atoms with Gasteiger partial charge in [0.25, 0.3) is 5.91 Å². The molecule has 0 saturated heterocycles. The summed E-state index contributed by atoms with van der Waals surface area (Å²) in [5, 5.41) is 12.2. The van der Waals surface area contributed by atoms with Gasteiger partial charge < -0.3 is 15.3 Å². The molecular formula is C17H26N2O2. The van der Waals surface area contributed by atoms with Gasteiger partial charge in [-0.05, 0) is 50.5 Å². The Labute approximate surface area is 127 Å². The summed E-state index contributed by atoms with van der Waals surface area (Å²) in [4.78, 5) is 14.4. The highest BCUT2D eigenvalue weighted by molar-refractivity contribution is 5.94. The van der Waals surface area contributed by atoms with E-state index in [1.165, 1.54) is 0 Å². The summed E-state index contributed by atoms with van der Waals surface area (Å²) in [6.07, 6.45) is 3.12. The second-order valence-electron chi connectivity index (χ2n) is 5.97. The number of anilines is 1. The number of aliphatic hydroxyl groups is 1. The van der Waals surface area contributed by atoms with E-state index in [2.05, 4.69) is 24.1 Å². The molecule has 1 amide bonds. The van der Waals surface area contributed by atoms with E-state index < -0.39 is 0 Å². The topological polar surface area (TPSA) is 52.6 Å². The lowest BCUT2D eigenvalue weighted by atomic mass is 10.1. The van der Waals surface area contributed by atoms with Crippen molar-refractivity contribution in [3.05, 3.63) is 29.8 Å². The number of amides is 1. The van der Waals surface area contributed by atoms with E-state index in [1.54, 1.807) is 0 Å². The lowest BCUT2D eigenvalue weighted by Gasteiger charge is -2.22. The van der Waals surface area contributed by atoms with Crippen molar-refractivity contribution in [1.82, 2.24) is 5.32 Å². The maximum atomic E-state index is 12.1. The molecule has 1 saturated carbocycles. The van der Waals surface area contributed by atoms with Crippen molar-refractivity contribution >= 4 is 11.6 Å². The monoisotopic (exact) mass is 290 g/mol. The Morgan fingerprint density at radius 1 is 1.29 bits per heavy atom. The van der Waals surface area contributed by atoms with Crippen molar-refractivity contribution in [3.63, 3.8) is 0 Å². The molecule has 0 unspecified atom stereocenters. The molecular weight excluding hydrogens is 264 g/mol. The van der Waals surface area contributed by atoms with Crippen LogP contribution in [0.1, 0.15) is 43.5 Å². The molecule has 1 aliphatic rings. The number of hydrogen-bond acceptors (Lipinski definition) is 3. The molecule has 0 aromatic heterocycles. The molecule has 4 nitrogen and oxygen atoms in total. The van der Waals surface area contributed by atoms with Crippen LogP contribution >= 0.6 is 0 Å². The van der Waals surface area contributed by atoms with Crippen molar-refractivity contribution in [2.24, 2.45) is 5.41 Å². The van der Waals surface area contributed by atoms with E-state index in [1.807, 2.05) is 24.3 Å². The van der Waals surface area contributed by atoms with Crippen LogP contribution in [0.15, 0.2) is 24.3 Å². The summed E-state index contributed by atoms with van der Waals surface area (Å²) >= 11 is 0. The van der Waals surface area contributed by atoms with Crippen LogP contribution in [0.3, 0.4) is 0 Å². The minimum Gasteiger partial charge on any atom is -0.396 e. The Balaban J connectivity index is 1.93.